The van der Waals surface area contributed by atoms with Crippen LogP contribution in [0.25, 0.3) is 0 Å². The lowest BCUT2D eigenvalue weighted by atomic mass is 9.94. The van der Waals surface area contributed by atoms with E-state index >= 15 is 0 Å². The standard InChI is InChI=1S/C21H23F2N3O3/c1-21(2,3)20(28)26-8-9-29-18-7-5-13(11-17(18)26)24-12-19(27)25-14-4-6-15(22)16(23)10-14/h4-7,10-11,24H,8-9,12H2,1-3H3,(H,25,27). The summed E-state index contributed by atoms with van der Waals surface area (Å²) in [6.07, 6.45) is 0. The molecule has 2 N–H and O–H groups in total. The quantitative estimate of drug-likeness (QED) is 0.815. The molecule has 2 aromatic carbocycles. The Balaban J connectivity index is 1.68. The number of fused-ring (bicyclic) bond motifs is 1. The van der Waals surface area contributed by atoms with E-state index in [0.717, 1.165) is 12.1 Å². The number of anilines is 3. The van der Waals surface area contributed by atoms with Crippen LogP contribution < -0.4 is 20.3 Å². The highest BCUT2D eigenvalue weighted by Crippen LogP contribution is 2.36. The summed E-state index contributed by atoms with van der Waals surface area (Å²) in [5.41, 5.74) is 0.891. The van der Waals surface area contributed by atoms with Crippen LogP contribution in [-0.2, 0) is 9.59 Å². The fourth-order valence-electron chi connectivity index (χ4n) is 2.90. The van der Waals surface area contributed by atoms with Crippen molar-refractivity contribution >= 4 is 28.9 Å². The highest BCUT2D eigenvalue weighted by atomic mass is 19.2. The predicted molar refractivity (Wildman–Crippen MR) is 107 cm³/mol. The van der Waals surface area contributed by atoms with Crippen LogP contribution >= 0.6 is 0 Å². The van der Waals surface area contributed by atoms with Crippen molar-refractivity contribution in [3.05, 3.63) is 48.0 Å². The number of amides is 2. The molecule has 1 aliphatic heterocycles. The molecule has 1 aliphatic rings. The fourth-order valence-corrected chi connectivity index (χ4v) is 2.90. The molecule has 0 saturated heterocycles. The Morgan fingerprint density at radius 3 is 2.48 bits per heavy atom. The van der Waals surface area contributed by atoms with Crippen LogP contribution in [-0.4, -0.2) is 31.5 Å². The Hall–Kier alpha value is -3.16. The molecule has 0 aliphatic carbocycles. The second-order valence-corrected chi connectivity index (χ2v) is 7.77. The zero-order valence-corrected chi connectivity index (χ0v) is 16.5. The van der Waals surface area contributed by atoms with Gasteiger partial charge in [0.25, 0.3) is 0 Å². The maximum atomic E-state index is 13.2. The number of hydrogen-bond acceptors (Lipinski definition) is 4. The molecule has 6 nitrogen and oxygen atoms in total. The predicted octanol–water partition coefficient (Wildman–Crippen LogP) is 3.79. The van der Waals surface area contributed by atoms with Crippen LogP contribution in [0.4, 0.5) is 25.8 Å². The summed E-state index contributed by atoms with van der Waals surface area (Å²) in [5.74, 6) is -1.85. The van der Waals surface area contributed by atoms with Gasteiger partial charge in [0.1, 0.15) is 12.4 Å². The van der Waals surface area contributed by atoms with E-state index in [1.54, 1.807) is 23.1 Å². The third-order valence-corrected chi connectivity index (χ3v) is 4.37. The van der Waals surface area contributed by atoms with Crippen molar-refractivity contribution in [1.29, 1.82) is 0 Å². The molecule has 29 heavy (non-hydrogen) atoms. The van der Waals surface area contributed by atoms with Gasteiger partial charge in [0.15, 0.2) is 11.6 Å². The van der Waals surface area contributed by atoms with Crippen LogP contribution in [0.15, 0.2) is 36.4 Å². The number of rotatable bonds is 4. The molecule has 3 rings (SSSR count). The number of hydrogen-bond donors (Lipinski definition) is 2. The van der Waals surface area contributed by atoms with Gasteiger partial charge in [0.05, 0.1) is 18.8 Å². The molecule has 0 bridgehead atoms. The normalized spacial score (nSPS) is 13.3. The molecule has 1 heterocycles. The molecule has 0 radical (unpaired) electrons. The van der Waals surface area contributed by atoms with E-state index in [0.29, 0.717) is 30.3 Å². The van der Waals surface area contributed by atoms with Gasteiger partial charge >= 0.3 is 0 Å². The zero-order chi connectivity index (χ0) is 21.2. The monoisotopic (exact) mass is 403 g/mol. The number of halogens is 2. The summed E-state index contributed by atoms with van der Waals surface area (Å²) in [7, 11) is 0. The molecule has 0 unspecified atom stereocenters. The number of benzene rings is 2. The molecule has 8 heteroatoms. The van der Waals surface area contributed by atoms with Crippen molar-refractivity contribution < 1.29 is 23.1 Å². The minimum atomic E-state index is -1.03. The Bertz CT molecular complexity index is 941. The number of carbonyl (C=O) groups excluding carboxylic acids is 2. The first-order valence-corrected chi connectivity index (χ1v) is 9.23. The summed E-state index contributed by atoms with van der Waals surface area (Å²) >= 11 is 0. The average Bonchev–Trinajstić information content (AvgIpc) is 2.67. The fraction of sp³-hybridized carbons (Fsp3) is 0.333. The second kappa shape index (κ2) is 8.06. The average molecular weight is 403 g/mol. The molecule has 2 amide bonds. The lowest BCUT2D eigenvalue weighted by Crippen LogP contribution is -2.44. The third-order valence-electron chi connectivity index (χ3n) is 4.37. The lowest BCUT2D eigenvalue weighted by molar-refractivity contribution is -0.126. The molecule has 0 fully saturated rings. The molecule has 0 aromatic heterocycles. The highest BCUT2D eigenvalue weighted by molar-refractivity contribution is 5.99. The Morgan fingerprint density at radius 1 is 1.07 bits per heavy atom. The van der Waals surface area contributed by atoms with Crippen molar-refractivity contribution in [2.75, 3.05) is 35.2 Å². The lowest BCUT2D eigenvalue weighted by Gasteiger charge is -2.34. The molecule has 0 atom stereocenters. The van der Waals surface area contributed by atoms with Gasteiger partial charge in [0, 0.05) is 22.9 Å². The first-order chi connectivity index (χ1) is 13.6. The van der Waals surface area contributed by atoms with Crippen molar-refractivity contribution in [2.24, 2.45) is 5.41 Å². The van der Waals surface area contributed by atoms with E-state index in [1.165, 1.54) is 6.07 Å². The van der Waals surface area contributed by atoms with Crippen LogP contribution in [0.5, 0.6) is 5.75 Å². The first kappa shape index (κ1) is 20.6. The number of ether oxygens (including phenoxy) is 1. The maximum Gasteiger partial charge on any atom is 0.243 e. The Morgan fingerprint density at radius 2 is 1.79 bits per heavy atom. The van der Waals surface area contributed by atoms with Gasteiger partial charge < -0.3 is 20.3 Å². The molecular weight excluding hydrogens is 380 g/mol. The summed E-state index contributed by atoms with van der Waals surface area (Å²) < 4.78 is 31.8. The maximum absolute atomic E-state index is 13.2. The highest BCUT2D eigenvalue weighted by Gasteiger charge is 2.31. The van der Waals surface area contributed by atoms with Crippen molar-refractivity contribution in [3.63, 3.8) is 0 Å². The van der Waals surface area contributed by atoms with Gasteiger partial charge in [-0.2, -0.15) is 0 Å². The topological polar surface area (TPSA) is 70.7 Å². The van der Waals surface area contributed by atoms with E-state index in [2.05, 4.69) is 10.6 Å². The summed E-state index contributed by atoms with van der Waals surface area (Å²) in [6.45, 7) is 6.34. The first-order valence-electron chi connectivity index (χ1n) is 9.23. The van der Waals surface area contributed by atoms with Crippen LogP contribution in [0, 0.1) is 17.0 Å². The Labute approximate surface area is 167 Å². The van der Waals surface area contributed by atoms with Gasteiger partial charge in [0.2, 0.25) is 11.8 Å². The van der Waals surface area contributed by atoms with Gasteiger partial charge in [-0.25, -0.2) is 8.78 Å². The van der Waals surface area contributed by atoms with Crippen LogP contribution in [0.3, 0.4) is 0 Å². The SMILES string of the molecule is CC(C)(C)C(=O)N1CCOc2ccc(NCC(=O)Nc3ccc(F)c(F)c3)cc21. The summed E-state index contributed by atoms with van der Waals surface area (Å²) in [5, 5.41) is 5.46. The Kier molecular flexibility index (Phi) is 5.72. The van der Waals surface area contributed by atoms with Crippen LogP contribution in [0.2, 0.25) is 0 Å². The second-order valence-electron chi connectivity index (χ2n) is 7.77. The zero-order valence-electron chi connectivity index (χ0n) is 16.5. The van der Waals surface area contributed by atoms with Gasteiger partial charge in [-0.15, -0.1) is 0 Å². The van der Waals surface area contributed by atoms with E-state index in [1.807, 2.05) is 20.8 Å². The van der Waals surface area contributed by atoms with Crippen molar-refractivity contribution in [3.8, 4) is 5.75 Å². The minimum Gasteiger partial charge on any atom is -0.490 e. The molecule has 2 aromatic rings. The third kappa shape index (κ3) is 4.82. The van der Waals surface area contributed by atoms with Crippen LogP contribution in [0.1, 0.15) is 20.8 Å². The molecule has 154 valence electrons. The van der Waals surface area contributed by atoms with Gasteiger partial charge in [-0.3, -0.25) is 9.59 Å². The van der Waals surface area contributed by atoms with E-state index in [-0.39, 0.29) is 18.1 Å². The van der Waals surface area contributed by atoms with Gasteiger partial charge in [-0.1, -0.05) is 20.8 Å². The molecular formula is C21H23F2N3O3. The number of carbonyl (C=O) groups is 2. The van der Waals surface area contributed by atoms with Crippen molar-refractivity contribution in [2.45, 2.75) is 20.8 Å². The van der Waals surface area contributed by atoms with Gasteiger partial charge in [-0.05, 0) is 30.3 Å². The smallest absolute Gasteiger partial charge is 0.243 e. The summed E-state index contributed by atoms with van der Waals surface area (Å²) in [6, 6.07) is 8.38. The largest absolute Gasteiger partial charge is 0.490 e. The minimum absolute atomic E-state index is 0.0183. The number of nitrogens with one attached hydrogen (secondary N) is 2. The van der Waals surface area contributed by atoms with Crippen molar-refractivity contribution in [1.82, 2.24) is 0 Å². The molecule has 0 spiro atoms. The van der Waals surface area contributed by atoms with E-state index in [4.69, 9.17) is 4.74 Å². The number of nitrogens with zero attached hydrogens (tertiary/aromatic N) is 1. The summed E-state index contributed by atoms with van der Waals surface area (Å²) in [4.78, 5) is 26.5. The van der Waals surface area contributed by atoms with E-state index < -0.39 is 23.0 Å². The molecule has 0 saturated carbocycles. The van der Waals surface area contributed by atoms with E-state index in [9.17, 15) is 18.4 Å².